The maximum absolute atomic E-state index is 12.2. The molecule has 1 rings (SSSR count). The highest BCUT2D eigenvalue weighted by Gasteiger charge is 2.55. The number of carbonyl (C=O) groups is 3. The molecule has 5 N–H and O–H groups in total. The fourth-order valence-corrected chi connectivity index (χ4v) is 3.14. The van der Waals surface area contributed by atoms with Crippen molar-refractivity contribution < 1.29 is 43.9 Å². The molecule has 0 aliphatic carbocycles. The molecule has 11 nitrogen and oxygen atoms in total. The number of hydrogen-bond acceptors (Lipinski definition) is 9. The van der Waals surface area contributed by atoms with Crippen molar-refractivity contribution in [1.29, 1.82) is 0 Å². The monoisotopic (exact) mass is 420 g/mol. The average Bonchev–Trinajstić information content (AvgIpc) is 2.70. The third kappa shape index (κ3) is 6.61. The zero-order valence-corrected chi connectivity index (χ0v) is 17.2. The molecule has 0 aromatic carbocycles. The minimum atomic E-state index is -2.03. The maximum atomic E-state index is 12.2. The largest absolute Gasteiger partial charge is 0.465 e. The summed E-state index contributed by atoms with van der Waals surface area (Å²) >= 11 is 0. The van der Waals surface area contributed by atoms with Crippen molar-refractivity contribution in [3.63, 3.8) is 0 Å². The number of rotatable bonds is 10. The van der Waals surface area contributed by atoms with Crippen molar-refractivity contribution in [2.24, 2.45) is 0 Å². The van der Waals surface area contributed by atoms with E-state index in [1.807, 2.05) is 6.92 Å². The van der Waals surface area contributed by atoms with Gasteiger partial charge in [0.1, 0.15) is 12.2 Å². The normalized spacial score (nSPS) is 28.9. The van der Waals surface area contributed by atoms with Crippen LogP contribution in [-0.4, -0.2) is 90.1 Å². The number of unbranched alkanes of at least 4 members (excludes halogenated alkanes) is 1. The van der Waals surface area contributed by atoms with E-state index in [9.17, 15) is 29.7 Å². The molecule has 1 saturated heterocycles. The number of aliphatic hydroxyl groups excluding tert-OH is 3. The van der Waals surface area contributed by atoms with Gasteiger partial charge in [-0.05, 0) is 6.42 Å². The summed E-state index contributed by atoms with van der Waals surface area (Å²) in [7, 11) is 2.26. The van der Waals surface area contributed by atoms with Crippen LogP contribution in [-0.2, 0) is 28.6 Å². The second kappa shape index (κ2) is 11.4. The van der Waals surface area contributed by atoms with E-state index in [1.165, 1.54) is 6.92 Å². The predicted molar refractivity (Wildman–Crippen MR) is 99.4 cm³/mol. The summed E-state index contributed by atoms with van der Waals surface area (Å²) in [6, 6.07) is -1.14. The first-order chi connectivity index (χ1) is 13.6. The third-order valence-electron chi connectivity index (χ3n) is 4.77. The summed E-state index contributed by atoms with van der Waals surface area (Å²) in [5.74, 6) is -3.78. The van der Waals surface area contributed by atoms with Crippen LogP contribution in [0.4, 0.5) is 0 Å². The van der Waals surface area contributed by atoms with E-state index in [0.29, 0.717) is 6.42 Å². The Kier molecular flexibility index (Phi) is 9.93. The van der Waals surface area contributed by atoms with Gasteiger partial charge in [-0.2, -0.15) is 0 Å². The highest BCUT2D eigenvalue weighted by Crippen LogP contribution is 2.33. The van der Waals surface area contributed by atoms with Gasteiger partial charge >= 0.3 is 5.97 Å². The third-order valence-corrected chi connectivity index (χ3v) is 4.77. The average molecular weight is 420 g/mol. The lowest BCUT2D eigenvalue weighted by Crippen LogP contribution is -2.68. The van der Waals surface area contributed by atoms with Crippen LogP contribution in [0.5, 0.6) is 0 Å². The highest BCUT2D eigenvalue weighted by atomic mass is 16.7. The van der Waals surface area contributed by atoms with Crippen LogP contribution in [0.2, 0.25) is 0 Å². The van der Waals surface area contributed by atoms with Gasteiger partial charge in [0.25, 0.3) is 5.79 Å². The first kappa shape index (κ1) is 25.2. The number of nitrogens with one attached hydrogen (secondary N) is 2. The molecule has 2 amide bonds. The second-order valence-electron chi connectivity index (χ2n) is 6.99. The van der Waals surface area contributed by atoms with Crippen molar-refractivity contribution in [2.75, 3.05) is 20.8 Å². The lowest BCUT2D eigenvalue weighted by Gasteiger charge is -2.46. The number of hydrogen-bond donors (Lipinski definition) is 5. The molecule has 168 valence electrons. The van der Waals surface area contributed by atoms with E-state index < -0.39 is 48.1 Å². The summed E-state index contributed by atoms with van der Waals surface area (Å²) in [5.41, 5.74) is 0. The SMILES string of the molecule is CCCCC(=O)NC[C@@H](O)[C@@H](O)C1O[C@](OC)(C(=O)OC)C[C@@H](O)[C@H]1NC(C)=O. The molecule has 1 aliphatic rings. The number of ether oxygens (including phenoxy) is 3. The Morgan fingerprint density at radius 2 is 1.93 bits per heavy atom. The van der Waals surface area contributed by atoms with Crippen molar-refractivity contribution in [1.82, 2.24) is 10.6 Å². The Balaban J connectivity index is 2.99. The zero-order valence-electron chi connectivity index (χ0n) is 17.2. The van der Waals surface area contributed by atoms with Gasteiger partial charge in [0.05, 0.1) is 25.4 Å². The van der Waals surface area contributed by atoms with Gasteiger partial charge in [-0.25, -0.2) is 4.79 Å². The topological polar surface area (TPSA) is 164 Å². The fourth-order valence-electron chi connectivity index (χ4n) is 3.14. The highest BCUT2D eigenvalue weighted by molar-refractivity contribution is 5.78. The van der Waals surface area contributed by atoms with Gasteiger partial charge in [-0.15, -0.1) is 0 Å². The first-order valence-electron chi connectivity index (χ1n) is 9.51. The van der Waals surface area contributed by atoms with Gasteiger partial charge in [-0.1, -0.05) is 13.3 Å². The molecule has 0 aromatic heterocycles. The Morgan fingerprint density at radius 1 is 1.28 bits per heavy atom. The summed E-state index contributed by atoms with van der Waals surface area (Å²) in [4.78, 5) is 35.4. The Bertz CT molecular complexity index is 574. The van der Waals surface area contributed by atoms with E-state index in [0.717, 1.165) is 20.6 Å². The summed E-state index contributed by atoms with van der Waals surface area (Å²) in [5, 5.41) is 36.4. The number of esters is 1. The molecule has 1 unspecified atom stereocenters. The molecule has 0 radical (unpaired) electrons. The van der Waals surface area contributed by atoms with Crippen molar-refractivity contribution in [3.05, 3.63) is 0 Å². The van der Waals surface area contributed by atoms with Gasteiger partial charge in [-0.3, -0.25) is 9.59 Å². The standard InChI is InChI=1S/C18H32N2O9/c1-5-6-7-13(24)19-9-12(23)15(25)16-14(20-10(2)21)11(22)8-18(28-4,29-16)17(26)27-3/h11-12,14-16,22-23,25H,5-9H2,1-4H3,(H,19,24)(H,20,21)/t11-,12-,14-,15-,16?,18+/m1/s1. The van der Waals surface area contributed by atoms with Gasteiger partial charge < -0.3 is 40.2 Å². The lowest BCUT2D eigenvalue weighted by atomic mass is 9.88. The second-order valence-corrected chi connectivity index (χ2v) is 6.99. The van der Waals surface area contributed by atoms with Crippen LogP contribution in [0.15, 0.2) is 0 Å². The molecular formula is C18H32N2O9. The van der Waals surface area contributed by atoms with Crippen molar-refractivity contribution >= 4 is 17.8 Å². The Morgan fingerprint density at radius 3 is 2.45 bits per heavy atom. The van der Waals surface area contributed by atoms with Crippen molar-refractivity contribution in [2.45, 2.75) is 75.8 Å². The molecule has 0 bridgehead atoms. The van der Waals surface area contributed by atoms with E-state index >= 15 is 0 Å². The smallest absolute Gasteiger partial charge is 0.366 e. The van der Waals surface area contributed by atoms with E-state index in [1.54, 1.807) is 0 Å². The molecule has 0 aromatic rings. The maximum Gasteiger partial charge on any atom is 0.366 e. The fraction of sp³-hybridized carbons (Fsp3) is 0.833. The molecular weight excluding hydrogens is 388 g/mol. The van der Waals surface area contributed by atoms with Gasteiger partial charge in [0, 0.05) is 33.4 Å². The molecule has 11 heteroatoms. The van der Waals surface area contributed by atoms with Crippen LogP contribution in [0.1, 0.15) is 39.5 Å². The van der Waals surface area contributed by atoms with Gasteiger partial charge in [0.15, 0.2) is 0 Å². The quantitative estimate of drug-likeness (QED) is 0.256. The van der Waals surface area contributed by atoms with E-state index in [4.69, 9.17) is 9.47 Å². The van der Waals surface area contributed by atoms with E-state index in [2.05, 4.69) is 15.4 Å². The van der Waals surface area contributed by atoms with Crippen LogP contribution in [0, 0.1) is 0 Å². The zero-order chi connectivity index (χ0) is 22.2. The molecule has 6 atom stereocenters. The van der Waals surface area contributed by atoms with Crippen molar-refractivity contribution in [3.8, 4) is 0 Å². The number of aliphatic hydroxyl groups is 3. The molecule has 1 fully saturated rings. The van der Waals surface area contributed by atoms with Crippen LogP contribution in [0.3, 0.4) is 0 Å². The molecule has 0 spiro atoms. The minimum absolute atomic E-state index is 0.279. The van der Waals surface area contributed by atoms with Crippen LogP contribution in [0.25, 0.3) is 0 Å². The summed E-state index contributed by atoms with van der Waals surface area (Å²) in [6.07, 6.45) is -4.52. The molecule has 1 heterocycles. The molecule has 1 aliphatic heterocycles. The van der Waals surface area contributed by atoms with Crippen LogP contribution < -0.4 is 10.6 Å². The summed E-state index contributed by atoms with van der Waals surface area (Å²) in [6.45, 7) is 2.85. The molecule has 29 heavy (non-hydrogen) atoms. The first-order valence-corrected chi connectivity index (χ1v) is 9.51. The summed E-state index contributed by atoms with van der Waals surface area (Å²) < 4.78 is 15.4. The Labute approximate surface area is 169 Å². The number of methoxy groups -OCH3 is 2. The lowest BCUT2D eigenvalue weighted by molar-refractivity contribution is -0.304. The Hall–Kier alpha value is -1.79. The van der Waals surface area contributed by atoms with Crippen LogP contribution >= 0.6 is 0 Å². The number of amides is 2. The minimum Gasteiger partial charge on any atom is -0.465 e. The predicted octanol–water partition coefficient (Wildman–Crippen LogP) is -1.82. The van der Waals surface area contributed by atoms with Gasteiger partial charge in [0.2, 0.25) is 11.8 Å². The molecule has 0 saturated carbocycles. The number of carbonyl (C=O) groups excluding carboxylic acids is 3. The van der Waals surface area contributed by atoms with E-state index in [-0.39, 0.29) is 25.3 Å².